The first-order chi connectivity index (χ1) is 10.6. The van der Waals surface area contributed by atoms with E-state index in [1.54, 1.807) is 0 Å². The van der Waals surface area contributed by atoms with Crippen LogP contribution in [0.5, 0.6) is 0 Å². The maximum Gasteiger partial charge on any atom is 0.225 e. The normalized spacial score (nSPS) is 11.4. The van der Waals surface area contributed by atoms with Gasteiger partial charge >= 0.3 is 0 Å². The van der Waals surface area contributed by atoms with Crippen LogP contribution in [0.25, 0.3) is 0 Å². The van der Waals surface area contributed by atoms with Gasteiger partial charge in [-0.25, -0.2) is 4.98 Å². The number of aromatic nitrogens is 1. The molecule has 1 heterocycles. The lowest BCUT2D eigenvalue weighted by Gasteiger charge is -2.29. The summed E-state index contributed by atoms with van der Waals surface area (Å²) in [6, 6.07) is -0.450. The molecule has 1 amide bonds. The zero-order valence-electron chi connectivity index (χ0n) is 16.5. The summed E-state index contributed by atoms with van der Waals surface area (Å²) in [5.41, 5.74) is 0.618. The molecule has 0 radical (unpaired) electrons. The summed E-state index contributed by atoms with van der Waals surface area (Å²) in [5.74, 6) is -0.139. The van der Waals surface area contributed by atoms with Gasteiger partial charge in [-0.3, -0.25) is 9.59 Å². The average molecular weight is 343 g/mol. The molecule has 4 nitrogen and oxygen atoms in total. The van der Waals surface area contributed by atoms with Crippen LogP contribution in [0.4, 0.5) is 0 Å². The van der Waals surface area contributed by atoms with E-state index in [0.717, 1.165) is 15.6 Å². The highest BCUT2D eigenvalue weighted by molar-refractivity contribution is 7.11. The molecule has 0 saturated carbocycles. The topological polar surface area (TPSA) is 59.1 Å². The van der Waals surface area contributed by atoms with E-state index in [4.69, 9.17) is 0 Å². The van der Waals surface area contributed by atoms with Crippen molar-refractivity contribution in [2.75, 3.05) is 0 Å². The third-order valence-corrected chi connectivity index (χ3v) is 3.97. The standard InChI is InChI=1S/C14H22N2O2S.2C2H6/c1-8-11(19-10(3)15-8)7-12(18)16-13(9(2)17)14(4,5)6;2*1-2/h13H,7H2,1-6H3,(H,16,18);2*1-2H3. The van der Waals surface area contributed by atoms with Crippen molar-refractivity contribution in [3.05, 3.63) is 15.6 Å². The molecule has 1 aromatic heterocycles. The van der Waals surface area contributed by atoms with Crippen LogP contribution in [0.3, 0.4) is 0 Å². The van der Waals surface area contributed by atoms with Crippen LogP contribution in [0, 0.1) is 19.3 Å². The van der Waals surface area contributed by atoms with Gasteiger partial charge < -0.3 is 5.32 Å². The minimum absolute atomic E-state index is 0.0157. The first kappa shape index (κ1) is 24.0. The lowest BCUT2D eigenvalue weighted by Crippen LogP contribution is -2.48. The van der Waals surface area contributed by atoms with Crippen molar-refractivity contribution in [3.8, 4) is 0 Å². The number of Topliss-reactive ketones (excluding diaryl/α,β-unsaturated/α-hetero) is 1. The van der Waals surface area contributed by atoms with E-state index >= 15 is 0 Å². The van der Waals surface area contributed by atoms with Crippen molar-refractivity contribution >= 4 is 23.0 Å². The number of carbonyl (C=O) groups excluding carboxylic acids is 2. The lowest BCUT2D eigenvalue weighted by atomic mass is 9.84. The number of ketones is 1. The number of aryl methyl sites for hydroxylation is 2. The van der Waals surface area contributed by atoms with E-state index in [1.165, 1.54) is 18.3 Å². The number of nitrogens with zero attached hydrogens (tertiary/aromatic N) is 1. The number of nitrogens with one attached hydrogen (secondary N) is 1. The average Bonchev–Trinajstić information content (AvgIpc) is 2.77. The minimum Gasteiger partial charge on any atom is -0.345 e. The number of carbonyl (C=O) groups is 2. The van der Waals surface area contributed by atoms with Crippen LogP contribution in [-0.2, 0) is 16.0 Å². The Labute approximate surface area is 146 Å². The van der Waals surface area contributed by atoms with Crippen molar-refractivity contribution < 1.29 is 9.59 Å². The highest BCUT2D eigenvalue weighted by atomic mass is 32.1. The fourth-order valence-electron chi connectivity index (χ4n) is 2.02. The molecular weight excluding hydrogens is 308 g/mol. The number of hydrogen-bond acceptors (Lipinski definition) is 4. The van der Waals surface area contributed by atoms with Crippen LogP contribution >= 0.6 is 11.3 Å². The maximum atomic E-state index is 12.1. The Morgan fingerprint density at radius 3 is 1.91 bits per heavy atom. The monoisotopic (exact) mass is 342 g/mol. The van der Waals surface area contributed by atoms with Crippen LogP contribution in [0.2, 0.25) is 0 Å². The molecule has 1 unspecified atom stereocenters. The molecule has 23 heavy (non-hydrogen) atoms. The van der Waals surface area contributed by atoms with Gasteiger partial charge in [-0.15, -0.1) is 11.3 Å². The molecule has 134 valence electrons. The van der Waals surface area contributed by atoms with Crippen LogP contribution < -0.4 is 5.32 Å². The second-order valence-corrected chi connectivity index (χ2v) is 7.18. The predicted octanol–water partition coefficient (Wildman–Crippen LogP) is 4.47. The summed E-state index contributed by atoms with van der Waals surface area (Å²) in [5, 5.41) is 3.79. The first-order valence-corrected chi connectivity index (χ1v) is 9.15. The van der Waals surface area contributed by atoms with Gasteiger partial charge in [-0.1, -0.05) is 48.5 Å². The molecule has 0 aliphatic heterocycles. The Morgan fingerprint density at radius 2 is 1.61 bits per heavy atom. The van der Waals surface area contributed by atoms with Gasteiger partial charge in [0.05, 0.1) is 23.2 Å². The summed E-state index contributed by atoms with van der Waals surface area (Å²) in [6.45, 7) is 19.2. The highest BCUT2D eigenvalue weighted by Gasteiger charge is 2.30. The molecule has 1 rings (SSSR count). The number of hydrogen-bond donors (Lipinski definition) is 1. The van der Waals surface area contributed by atoms with Crippen LogP contribution in [0.15, 0.2) is 0 Å². The van der Waals surface area contributed by atoms with Crippen molar-refractivity contribution in [1.29, 1.82) is 0 Å². The van der Waals surface area contributed by atoms with Crippen molar-refractivity contribution in [1.82, 2.24) is 10.3 Å². The van der Waals surface area contributed by atoms with Crippen LogP contribution in [-0.4, -0.2) is 22.7 Å². The third-order valence-electron chi connectivity index (χ3n) is 2.90. The Morgan fingerprint density at radius 1 is 1.13 bits per heavy atom. The van der Waals surface area contributed by atoms with Gasteiger partial charge in [0, 0.05) is 4.88 Å². The predicted molar refractivity (Wildman–Crippen MR) is 100 cm³/mol. The van der Waals surface area contributed by atoms with Crippen LogP contribution in [0.1, 0.15) is 71.0 Å². The smallest absolute Gasteiger partial charge is 0.225 e. The summed E-state index contributed by atoms with van der Waals surface area (Å²) in [4.78, 5) is 28.9. The number of rotatable bonds is 4. The Kier molecular flexibility index (Phi) is 11.8. The first-order valence-electron chi connectivity index (χ1n) is 8.34. The van der Waals surface area contributed by atoms with Crippen molar-refractivity contribution in [2.24, 2.45) is 5.41 Å². The zero-order valence-corrected chi connectivity index (χ0v) is 17.3. The SMILES string of the molecule is CC.CC.CC(=O)C(NC(=O)Cc1sc(C)nc1C)C(C)(C)C. The molecule has 0 aromatic carbocycles. The zero-order chi connectivity index (χ0) is 18.8. The molecule has 1 N–H and O–H groups in total. The molecule has 0 aliphatic rings. The molecule has 1 atom stereocenters. The molecule has 0 saturated heterocycles. The fourth-order valence-corrected chi connectivity index (χ4v) is 2.96. The molecule has 0 aliphatic carbocycles. The van der Waals surface area contributed by atoms with Crippen molar-refractivity contribution in [3.63, 3.8) is 0 Å². The van der Waals surface area contributed by atoms with Gasteiger partial charge in [0.2, 0.25) is 5.91 Å². The number of thiazole rings is 1. The van der Waals surface area contributed by atoms with E-state index < -0.39 is 6.04 Å². The second-order valence-electron chi connectivity index (χ2n) is 5.90. The third kappa shape index (κ3) is 8.84. The van der Waals surface area contributed by atoms with E-state index in [9.17, 15) is 9.59 Å². The van der Waals surface area contributed by atoms with E-state index in [2.05, 4.69) is 10.3 Å². The van der Waals surface area contributed by atoms with E-state index in [0.29, 0.717) is 0 Å². The molecule has 0 bridgehead atoms. The van der Waals surface area contributed by atoms with Gasteiger partial charge in [0.1, 0.15) is 0 Å². The summed E-state index contributed by atoms with van der Waals surface area (Å²) in [6.07, 6.45) is 0.289. The number of amides is 1. The Hall–Kier alpha value is -1.23. The molecule has 1 aromatic rings. The van der Waals surface area contributed by atoms with Crippen molar-refractivity contribution in [2.45, 2.75) is 81.7 Å². The summed E-state index contributed by atoms with van der Waals surface area (Å²) < 4.78 is 0. The lowest BCUT2D eigenvalue weighted by molar-refractivity contribution is -0.128. The summed E-state index contributed by atoms with van der Waals surface area (Å²) >= 11 is 1.53. The molecule has 5 heteroatoms. The minimum atomic E-state index is -0.450. The van der Waals surface area contributed by atoms with E-state index in [-0.39, 0.29) is 23.5 Å². The molecule has 0 spiro atoms. The Balaban J connectivity index is 0. The molecule has 0 fully saturated rings. The van der Waals surface area contributed by atoms with Gasteiger partial charge in [-0.05, 0) is 26.2 Å². The van der Waals surface area contributed by atoms with Gasteiger partial charge in [-0.2, -0.15) is 0 Å². The largest absolute Gasteiger partial charge is 0.345 e. The Bertz CT molecular complexity index is 488. The molecular formula is C18H34N2O2S. The van der Waals surface area contributed by atoms with Gasteiger partial charge in [0.15, 0.2) is 5.78 Å². The fraction of sp³-hybridized carbons (Fsp3) is 0.722. The maximum absolute atomic E-state index is 12.1. The second kappa shape index (κ2) is 11.3. The van der Waals surface area contributed by atoms with Gasteiger partial charge in [0.25, 0.3) is 0 Å². The van der Waals surface area contributed by atoms with E-state index in [1.807, 2.05) is 62.3 Å². The highest BCUT2D eigenvalue weighted by Crippen LogP contribution is 2.21. The summed E-state index contributed by atoms with van der Waals surface area (Å²) in [7, 11) is 0. The quantitative estimate of drug-likeness (QED) is 0.878.